The highest BCUT2D eigenvalue weighted by molar-refractivity contribution is 5.91. The number of rotatable bonds is 6. The molecule has 0 atom stereocenters. The van der Waals surface area contributed by atoms with E-state index >= 15 is 0 Å². The first-order chi connectivity index (χ1) is 8.24. The van der Waals surface area contributed by atoms with E-state index < -0.39 is 0 Å². The average Bonchev–Trinajstić information content (AvgIpc) is 2.34. The van der Waals surface area contributed by atoms with E-state index in [4.69, 9.17) is 5.73 Å². The molecule has 0 saturated carbocycles. The normalized spacial score (nSPS) is 10.7. The summed E-state index contributed by atoms with van der Waals surface area (Å²) in [5.41, 5.74) is 5.74. The van der Waals surface area contributed by atoms with Crippen molar-refractivity contribution in [3.63, 3.8) is 0 Å². The molecule has 0 aromatic heterocycles. The van der Waals surface area contributed by atoms with Gasteiger partial charge in [0.15, 0.2) is 0 Å². The fourth-order valence-electron chi connectivity index (χ4n) is 1.32. The van der Waals surface area contributed by atoms with Crippen molar-refractivity contribution in [2.24, 2.45) is 5.73 Å². The van der Waals surface area contributed by atoms with E-state index in [1.165, 1.54) is 18.2 Å². The van der Waals surface area contributed by atoms with Crippen LogP contribution in [0.4, 0.5) is 4.39 Å². The summed E-state index contributed by atoms with van der Waals surface area (Å²) < 4.78 is 13.2. The Morgan fingerprint density at radius 1 is 1.35 bits per heavy atom. The molecule has 1 rings (SSSR count). The van der Waals surface area contributed by atoms with Crippen molar-refractivity contribution in [1.29, 1.82) is 0 Å². The lowest BCUT2D eigenvalue weighted by Gasteiger charge is -2.00. The van der Waals surface area contributed by atoms with Crippen molar-refractivity contribution >= 4 is 12.0 Å². The number of nitrogens with two attached hydrogens (primary N) is 1. The lowest BCUT2D eigenvalue weighted by molar-refractivity contribution is -0.116. The van der Waals surface area contributed by atoms with Gasteiger partial charge in [-0.15, -0.1) is 0 Å². The van der Waals surface area contributed by atoms with E-state index in [0.717, 1.165) is 12.8 Å². The maximum absolute atomic E-state index is 13.2. The second-order valence-corrected chi connectivity index (χ2v) is 3.64. The predicted molar refractivity (Wildman–Crippen MR) is 66.7 cm³/mol. The van der Waals surface area contributed by atoms with Crippen molar-refractivity contribution in [2.75, 3.05) is 13.1 Å². The van der Waals surface area contributed by atoms with Gasteiger partial charge >= 0.3 is 0 Å². The Morgan fingerprint density at radius 3 is 2.82 bits per heavy atom. The van der Waals surface area contributed by atoms with Gasteiger partial charge in [-0.3, -0.25) is 4.79 Å². The molecular formula is C13H17FN2O. The molecule has 3 N–H and O–H groups in total. The molecule has 0 bridgehead atoms. The quantitative estimate of drug-likeness (QED) is 0.583. The van der Waals surface area contributed by atoms with Gasteiger partial charge in [-0.1, -0.05) is 18.2 Å². The molecular weight excluding hydrogens is 219 g/mol. The number of hydrogen-bond acceptors (Lipinski definition) is 2. The lowest BCUT2D eigenvalue weighted by atomic mass is 10.2. The third-order valence-electron chi connectivity index (χ3n) is 2.25. The minimum Gasteiger partial charge on any atom is -0.353 e. The molecule has 0 spiro atoms. The molecule has 0 radical (unpaired) electrons. The summed E-state index contributed by atoms with van der Waals surface area (Å²) >= 11 is 0. The summed E-state index contributed by atoms with van der Waals surface area (Å²) in [6.45, 7) is 1.22. The SMILES string of the molecule is NCCCCNC(=O)C=Cc1ccccc1F. The third-order valence-corrected chi connectivity index (χ3v) is 2.25. The predicted octanol–water partition coefficient (Wildman–Crippen LogP) is 1.69. The Hall–Kier alpha value is -1.68. The average molecular weight is 236 g/mol. The molecule has 0 fully saturated rings. The molecule has 17 heavy (non-hydrogen) atoms. The Labute approximate surface area is 101 Å². The summed E-state index contributed by atoms with van der Waals surface area (Å²) in [7, 11) is 0. The number of carbonyl (C=O) groups is 1. The number of amides is 1. The van der Waals surface area contributed by atoms with Crippen molar-refractivity contribution < 1.29 is 9.18 Å². The first-order valence-electron chi connectivity index (χ1n) is 5.64. The molecule has 0 aliphatic heterocycles. The number of nitrogens with one attached hydrogen (secondary N) is 1. The van der Waals surface area contributed by atoms with E-state index in [9.17, 15) is 9.18 Å². The van der Waals surface area contributed by atoms with Crippen LogP contribution in [0, 0.1) is 5.82 Å². The number of benzene rings is 1. The zero-order valence-electron chi connectivity index (χ0n) is 9.66. The number of carbonyl (C=O) groups excluding carboxylic acids is 1. The molecule has 1 aromatic rings. The van der Waals surface area contributed by atoms with E-state index in [2.05, 4.69) is 5.32 Å². The molecule has 0 aliphatic carbocycles. The van der Waals surface area contributed by atoms with E-state index in [-0.39, 0.29) is 11.7 Å². The van der Waals surface area contributed by atoms with Crippen LogP contribution in [0.5, 0.6) is 0 Å². The van der Waals surface area contributed by atoms with Crippen LogP contribution in [-0.4, -0.2) is 19.0 Å². The first kappa shape index (κ1) is 13.4. The summed E-state index contributed by atoms with van der Waals surface area (Å²) in [5, 5.41) is 2.70. The minimum absolute atomic E-state index is 0.217. The van der Waals surface area contributed by atoms with Gasteiger partial charge < -0.3 is 11.1 Å². The summed E-state index contributed by atoms with van der Waals surface area (Å²) in [5.74, 6) is -0.551. The van der Waals surface area contributed by atoms with Gasteiger partial charge in [0.1, 0.15) is 5.82 Å². The second kappa shape index (κ2) is 7.57. The smallest absolute Gasteiger partial charge is 0.244 e. The first-order valence-corrected chi connectivity index (χ1v) is 5.64. The molecule has 0 heterocycles. The van der Waals surface area contributed by atoms with Gasteiger partial charge in [0.2, 0.25) is 5.91 Å². The monoisotopic (exact) mass is 236 g/mol. The molecule has 3 nitrogen and oxygen atoms in total. The van der Waals surface area contributed by atoms with Gasteiger partial charge in [0.25, 0.3) is 0 Å². The summed E-state index contributed by atoms with van der Waals surface area (Å²) in [4.78, 5) is 11.3. The number of hydrogen-bond donors (Lipinski definition) is 2. The third kappa shape index (κ3) is 5.26. The zero-order valence-corrected chi connectivity index (χ0v) is 9.66. The molecule has 92 valence electrons. The van der Waals surface area contributed by atoms with Crippen molar-refractivity contribution in [1.82, 2.24) is 5.32 Å². The van der Waals surface area contributed by atoms with E-state index in [1.807, 2.05) is 0 Å². The van der Waals surface area contributed by atoms with Gasteiger partial charge in [-0.25, -0.2) is 4.39 Å². The number of unbranched alkanes of at least 4 members (excludes halogenated alkanes) is 1. The van der Waals surface area contributed by atoms with Crippen LogP contribution in [0.3, 0.4) is 0 Å². The van der Waals surface area contributed by atoms with Gasteiger partial charge in [-0.2, -0.15) is 0 Å². The molecule has 1 amide bonds. The van der Waals surface area contributed by atoms with Crippen molar-refractivity contribution in [3.8, 4) is 0 Å². The summed E-state index contributed by atoms with van der Waals surface area (Å²) in [6, 6.07) is 6.31. The van der Waals surface area contributed by atoms with Crippen molar-refractivity contribution in [3.05, 3.63) is 41.7 Å². The highest BCUT2D eigenvalue weighted by Gasteiger charge is 1.97. The molecule has 1 aromatic carbocycles. The van der Waals surface area contributed by atoms with Crippen LogP contribution < -0.4 is 11.1 Å². The van der Waals surface area contributed by atoms with Crippen LogP contribution in [0.15, 0.2) is 30.3 Å². The topological polar surface area (TPSA) is 55.1 Å². The van der Waals surface area contributed by atoms with Crippen LogP contribution in [0.1, 0.15) is 18.4 Å². The second-order valence-electron chi connectivity index (χ2n) is 3.64. The van der Waals surface area contributed by atoms with Gasteiger partial charge in [0.05, 0.1) is 0 Å². The van der Waals surface area contributed by atoms with Crippen LogP contribution >= 0.6 is 0 Å². The Balaban J connectivity index is 2.38. The Bertz CT molecular complexity index is 391. The number of halogens is 1. The van der Waals surface area contributed by atoms with Gasteiger partial charge in [0, 0.05) is 18.2 Å². The largest absolute Gasteiger partial charge is 0.353 e. The maximum atomic E-state index is 13.2. The zero-order chi connectivity index (χ0) is 12.5. The standard InChI is InChI=1S/C13H17FN2O/c14-12-6-2-1-5-11(12)7-8-13(17)16-10-4-3-9-15/h1-2,5-8H,3-4,9-10,15H2,(H,16,17). The highest BCUT2D eigenvalue weighted by atomic mass is 19.1. The molecule has 0 saturated heterocycles. The van der Waals surface area contributed by atoms with Gasteiger partial charge in [-0.05, 0) is 31.5 Å². The van der Waals surface area contributed by atoms with Crippen LogP contribution in [0.25, 0.3) is 6.08 Å². The highest BCUT2D eigenvalue weighted by Crippen LogP contribution is 2.07. The lowest BCUT2D eigenvalue weighted by Crippen LogP contribution is -2.22. The molecule has 4 heteroatoms. The summed E-state index contributed by atoms with van der Waals surface area (Å²) in [6.07, 6.45) is 4.54. The van der Waals surface area contributed by atoms with Crippen LogP contribution in [0.2, 0.25) is 0 Å². The maximum Gasteiger partial charge on any atom is 0.244 e. The fraction of sp³-hybridized carbons (Fsp3) is 0.308. The minimum atomic E-state index is -0.334. The van der Waals surface area contributed by atoms with Crippen molar-refractivity contribution in [2.45, 2.75) is 12.8 Å². The fourth-order valence-corrected chi connectivity index (χ4v) is 1.32. The van der Waals surface area contributed by atoms with Crippen LogP contribution in [-0.2, 0) is 4.79 Å². The van der Waals surface area contributed by atoms with E-state index in [0.29, 0.717) is 18.7 Å². The molecule has 0 unspecified atom stereocenters. The molecule has 0 aliphatic rings. The van der Waals surface area contributed by atoms with E-state index in [1.54, 1.807) is 18.2 Å². The Morgan fingerprint density at radius 2 is 2.12 bits per heavy atom. The Kier molecular flexibility index (Phi) is 5.96.